The molecule has 0 saturated heterocycles. The maximum Gasteiger partial charge on any atom is 0.192 e. The molecule has 4 aliphatic carbocycles. The largest absolute Gasteiger partial charge is 0.414 e. The molecule has 7 atom stereocenters. The molecule has 4 saturated carbocycles. The minimum atomic E-state index is -1.65. The zero-order chi connectivity index (χ0) is 21.2. The van der Waals surface area contributed by atoms with Crippen molar-refractivity contribution in [2.24, 2.45) is 34.5 Å². The first-order chi connectivity index (χ1) is 13.4. The van der Waals surface area contributed by atoms with Gasteiger partial charge in [0.1, 0.15) is 0 Å². The number of fused-ring (bicyclic) bond motifs is 5. The van der Waals surface area contributed by atoms with Crippen molar-refractivity contribution >= 4 is 8.32 Å². The predicted molar refractivity (Wildman–Crippen MR) is 128 cm³/mol. The topological polar surface area (TPSA) is 9.23 Å². The monoisotopic (exact) mass is 416 g/mol. The number of allylic oxidation sites excluding steroid dienone is 2. The Morgan fingerprint density at radius 1 is 0.966 bits per heavy atom. The van der Waals surface area contributed by atoms with Crippen LogP contribution in [0, 0.1) is 34.5 Å². The van der Waals surface area contributed by atoms with E-state index < -0.39 is 8.32 Å². The smallest absolute Gasteiger partial charge is 0.192 e. The molecule has 0 unspecified atom stereocenters. The molecule has 0 bridgehead atoms. The van der Waals surface area contributed by atoms with Crippen molar-refractivity contribution in [1.82, 2.24) is 0 Å². The SMILES string of the molecule is C/C=C1/CC[C@H]2[C@@H]3CC[C@H]4C[C@@H](O[Si](C)(C)C(C)(C)C)CC[C@]4(C)[C@H]3CC[C@]12C. The minimum absolute atomic E-state index is 0.326. The molecular formula is C27H48OSi. The Morgan fingerprint density at radius 2 is 1.69 bits per heavy atom. The van der Waals surface area contributed by atoms with Crippen molar-refractivity contribution in [2.75, 3.05) is 0 Å². The third-order valence-corrected chi connectivity index (χ3v) is 15.6. The standard InChI is InChI=1S/C27H48OSi/c1-9-19-11-13-23-22-12-10-20-18-21(28-29(7,8)25(2,3)4)14-16-27(20,6)24(22)15-17-26(19,23)5/h9,20-24H,10-18H2,1-8H3/b19-9-/t20-,21-,22-,23-,24-,26+,27-/m0/s1. The highest BCUT2D eigenvalue weighted by molar-refractivity contribution is 6.74. The molecule has 166 valence electrons. The molecule has 0 heterocycles. The minimum Gasteiger partial charge on any atom is -0.414 e. The average molecular weight is 417 g/mol. The molecule has 0 aliphatic heterocycles. The Hall–Kier alpha value is -0.0831. The summed E-state index contributed by atoms with van der Waals surface area (Å²) in [6.07, 6.45) is 15.8. The predicted octanol–water partition coefficient (Wildman–Crippen LogP) is 8.37. The lowest BCUT2D eigenvalue weighted by atomic mass is 9.45. The highest BCUT2D eigenvalue weighted by Crippen LogP contribution is 2.67. The van der Waals surface area contributed by atoms with Crippen LogP contribution in [0.3, 0.4) is 0 Å². The highest BCUT2D eigenvalue weighted by Gasteiger charge is 2.59. The van der Waals surface area contributed by atoms with E-state index in [1.807, 2.05) is 0 Å². The Morgan fingerprint density at radius 3 is 2.34 bits per heavy atom. The first kappa shape index (κ1) is 22.1. The fourth-order valence-corrected chi connectivity index (χ4v) is 9.64. The Bertz CT molecular complexity index is 658. The van der Waals surface area contributed by atoms with Gasteiger partial charge in [-0.2, -0.15) is 0 Å². The van der Waals surface area contributed by atoms with Gasteiger partial charge >= 0.3 is 0 Å². The summed E-state index contributed by atoms with van der Waals surface area (Å²) in [5.41, 5.74) is 2.90. The lowest BCUT2D eigenvalue weighted by Crippen LogP contribution is -2.54. The lowest BCUT2D eigenvalue weighted by Gasteiger charge is -2.61. The molecule has 0 radical (unpaired) electrons. The third kappa shape index (κ3) is 3.43. The van der Waals surface area contributed by atoms with Crippen molar-refractivity contribution in [3.8, 4) is 0 Å². The number of hydrogen-bond donors (Lipinski definition) is 0. The molecule has 0 aromatic carbocycles. The van der Waals surface area contributed by atoms with Crippen LogP contribution in [-0.2, 0) is 4.43 Å². The molecule has 4 rings (SSSR count). The highest BCUT2D eigenvalue weighted by atomic mass is 28.4. The van der Waals surface area contributed by atoms with Crippen molar-refractivity contribution in [3.05, 3.63) is 11.6 Å². The molecule has 0 N–H and O–H groups in total. The first-order valence-electron chi connectivity index (χ1n) is 12.8. The maximum atomic E-state index is 6.92. The van der Waals surface area contributed by atoms with E-state index in [2.05, 4.69) is 60.7 Å². The van der Waals surface area contributed by atoms with Crippen LogP contribution in [0.1, 0.15) is 99.3 Å². The molecule has 0 amide bonds. The van der Waals surface area contributed by atoms with Gasteiger partial charge in [-0.15, -0.1) is 0 Å². The molecular weight excluding hydrogens is 368 g/mol. The second kappa shape index (κ2) is 7.22. The van der Waals surface area contributed by atoms with Crippen LogP contribution >= 0.6 is 0 Å². The molecule has 0 aromatic heterocycles. The van der Waals surface area contributed by atoms with Gasteiger partial charge in [-0.1, -0.05) is 46.3 Å². The fourth-order valence-electron chi connectivity index (χ4n) is 8.24. The Labute approximate surface area is 182 Å². The van der Waals surface area contributed by atoms with Gasteiger partial charge in [0.15, 0.2) is 8.32 Å². The Kier molecular flexibility index (Phi) is 5.51. The lowest BCUT2D eigenvalue weighted by molar-refractivity contribution is -0.114. The summed E-state index contributed by atoms with van der Waals surface area (Å²) in [5.74, 6) is 3.83. The van der Waals surface area contributed by atoms with E-state index in [1.165, 1.54) is 57.8 Å². The first-order valence-corrected chi connectivity index (χ1v) is 15.7. The van der Waals surface area contributed by atoms with Gasteiger partial charge in [0.25, 0.3) is 0 Å². The molecule has 2 heteroatoms. The van der Waals surface area contributed by atoms with Crippen LogP contribution in [0.4, 0.5) is 0 Å². The second-order valence-electron chi connectivity index (χ2n) is 13.2. The van der Waals surface area contributed by atoms with Crippen molar-refractivity contribution in [1.29, 1.82) is 0 Å². The maximum absolute atomic E-state index is 6.92. The summed E-state index contributed by atoms with van der Waals surface area (Å²) in [7, 11) is -1.65. The average Bonchev–Trinajstić information content (AvgIpc) is 2.97. The summed E-state index contributed by atoms with van der Waals surface area (Å²) in [4.78, 5) is 0. The molecule has 1 nitrogen and oxygen atoms in total. The zero-order valence-electron chi connectivity index (χ0n) is 20.7. The van der Waals surface area contributed by atoms with E-state index in [-0.39, 0.29) is 0 Å². The molecule has 29 heavy (non-hydrogen) atoms. The number of hydrogen-bond acceptors (Lipinski definition) is 1. The quantitative estimate of drug-likeness (QED) is 0.324. The van der Waals surface area contributed by atoms with Crippen LogP contribution in [-0.4, -0.2) is 14.4 Å². The van der Waals surface area contributed by atoms with E-state index >= 15 is 0 Å². The van der Waals surface area contributed by atoms with Gasteiger partial charge in [-0.3, -0.25) is 0 Å². The van der Waals surface area contributed by atoms with Gasteiger partial charge in [-0.05, 0) is 117 Å². The summed E-state index contributed by atoms with van der Waals surface area (Å²) in [5, 5.41) is 0.326. The molecule has 0 spiro atoms. The van der Waals surface area contributed by atoms with Crippen LogP contribution in [0.15, 0.2) is 11.6 Å². The summed E-state index contributed by atoms with van der Waals surface area (Å²) < 4.78 is 6.92. The fraction of sp³-hybridized carbons (Fsp3) is 0.926. The van der Waals surface area contributed by atoms with Crippen molar-refractivity contribution < 1.29 is 4.43 Å². The van der Waals surface area contributed by atoms with Gasteiger partial charge in [0.05, 0.1) is 0 Å². The van der Waals surface area contributed by atoms with Gasteiger partial charge < -0.3 is 4.43 Å². The Balaban J connectivity index is 1.49. The van der Waals surface area contributed by atoms with Gasteiger partial charge in [0.2, 0.25) is 0 Å². The van der Waals surface area contributed by atoms with Crippen LogP contribution in [0.2, 0.25) is 18.1 Å². The van der Waals surface area contributed by atoms with Crippen molar-refractivity contribution in [2.45, 2.75) is 124 Å². The van der Waals surface area contributed by atoms with E-state index in [0.29, 0.717) is 22.0 Å². The van der Waals surface area contributed by atoms with Crippen LogP contribution in [0.5, 0.6) is 0 Å². The number of rotatable bonds is 2. The van der Waals surface area contributed by atoms with Crippen LogP contribution in [0.25, 0.3) is 0 Å². The van der Waals surface area contributed by atoms with Gasteiger partial charge in [-0.25, -0.2) is 0 Å². The summed E-state index contributed by atoms with van der Waals surface area (Å²) in [6.45, 7) is 19.7. The van der Waals surface area contributed by atoms with Crippen LogP contribution < -0.4 is 0 Å². The molecule has 4 fully saturated rings. The summed E-state index contributed by atoms with van der Waals surface area (Å²) in [6, 6.07) is 0. The van der Waals surface area contributed by atoms with E-state index in [4.69, 9.17) is 4.43 Å². The third-order valence-electron chi connectivity index (χ3n) is 11.1. The van der Waals surface area contributed by atoms with E-state index in [9.17, 15) is 0 Å². The van der Waals surface area contributed by atoms with Gasteiger partial charge in [0, 0.05) is 6.10 Å². The molecule has 0 aromatic rings. The van der Waals surface area contributed by atoms with Crippen molar-refractivity contribution in [3.63, 3.8) is 0 Å². The molecule has 4 aliphatic rings. The summed E-state index contributed by atoms with van der Waals surface area (Å²) >= 11 is 0. The zero-order valence-corrected chi connectivity index (χ0v) is 21.7. The van der Waals surface area contributed by atoms with E-state index in [1.54, 1.807) is 5.57 Å². The second-order valence-corrected chi connectivity index (χ2v) is 18.0. The van der Waals surface area contributed by atoms with E-state index in [0.717, 1.165) is 23.7 Å². The normalized spacial score (nSPS) is 46.9.